The highest BCUT2D eigenvalue weighted by Gasteiger charge is 2.18. The molecule has 0 fully saturated rings. The van der Waals surface area contributed by atoms with Gasteiger partial charge in [-0.25, -0.2) is 9.97 Å². The Kier molecular flexibility index (Phi) is 4.38. The van der Waals surface area contributed by atoms with E-state index in [0.29, 0.717) is 17.3 Å². The maximum Gasteiger partial charge on any atom is 0.275 e. The molecule has 3 aromatic heterocycles. The van der Waals surface area contributed by atoms with E-state index < -0.39 is 0 Å². The topological polar surface area (TPSA) is 69.0 Å². The van der Waals surface area contributed by atoms with Gasteiger partial charge in [0.2, 0.25) is 5.88 Å². The van der Waals surface area contributed by atoms with Crippen LogP contribution in [-0.2, 0) is 6.42 Å². The van der Waals surface area contributed by atoms with E-state index in [1.807, 2.05) is 36.0 Å². The fourth-order valence-electron chi connectivity index (χ4n) is 2.09. The highest BCUT2D eigenvalue weighted by molar-refractivity contribution is 7.14. The van der Waals surface area contributed by atoms with Crippen LogP contribution < -0.4 is 10.1 Å². The van der Waals surface area contributed by atoms with E-state index in [4.69, 9.17) is 4.74 Å². The van der Waals surface area contributed by atoms with E-state index in [0.717, 1.165) is 16.4 Å². The molecule has 7 heteroatoms. The summed E-state index contributed by atoms with van der Waals surface area (Å²) in [4.78, 5) is 22.0. The summed E-state index contributed by atoms with van der Waals surface area (Å²) < 4.78 is 6.90. The molecule has 0 bridgehead atoms. The van der Waals surface area contributed by atoms with E-state index >= 15 is 0 Å². The third-order valence-electron chi connectivity index (χ3n) is 3.25. The molecule has 0 unspecified atom stereocenters. The molecule has 3 aromatic rings. The van der Waals surface area contributed by atoms with Gasteiger partial charge in [0.05, 0.1) is 19.0 Å². The quantitative estimate of drug-likeness (QED) is 0.781. The Morgan fingerprint density at radius 3 is 2.74 bits per heavy atom. The van der Waals surface area contributed by atoms with Gasteiger partial charge in [0.15, 0.2) is 5.13 Å². The number of methoxy groups -OCH3 is 1. The summed E-state index contributed by atoms with van der Waals surface area (Å²) in [6, 6.07) is 7.29. The van der Waals surface area contributed by atoms with Crippen molar-refractivity contribution in [2.75, 3.05) is 12.4 Å². The van der Waals surface area contributed by atoms with Crippen LogP contribution in [0.5, 0.6) is 5.88 Å². The third kappa shape index (κ3) is 3.24. The first-order valence-electron chi connectivity index (χ1n) is 7.15. The largest absolute Gasteiger partial charge is 0.481 e. The van der Waals surface area contributed by atoms with Crippen molar-refractivity contribution in [3.05, 3.63) is 53.4 Å². The summed E-state index contributed by atoms with van der Waals surface area (Å²) in [6.07, 6.45) is 6.13. The highest BCUT2D eigenvalue weighted by atomic mass is 32.1. The van der Waals surface area contributed by atoms with Crippen molar-refractivity contribution >= 4 is 22.9 Å². The number of carbonyl (C=O) groups excluding carboxylic acids is 1. The Hall–Kier alpha value is -2.67. The summed E-state index contributed by atoms with van der Waals surface area (Å²) in [5.74, 6) is 0.268. The Labute approximate surface area is 137 Å². The first kappa shape index (κ1) is 15.2. The molecule has 0 aliphatic heterocycles. The fraction of sp³-hybridized carbons (Fsp3) is 0.188. The van der Waals surface area contributed by atoms with Gasteiger partial charge in [-0.1, -0.05) is 6.92 Å². The molecule has 3 rings (SSSR count). The summed E-state index contributed by atoms with van der Waals surface area (Å²) >= 11 is 1.52. The molecule has 0 aliphatic rings. The Morgan fingerprint density at radius 1 is 1.35 bits per heavy atom. The molecule has 3 heterocycles. The lowest BCUT2D eigenvalue weighted by Gasteiger charge is -2.05. The summed E-state index contributed by atoms with van der Waals surface area (Å²) in [5, 5.41) is 3.60. The third-order valence-corrected chi connectivity index (χ3v) is 4.46. The predicted molar refractivity (Wildman–Crippen MR) is 89.6 cm³/mol. The fourth-order valence-corrected chi connectivity index (χ4v) is 3.06. The molecule has 0 aliphatic carbocycles. The van der Waals surface area contributed by atoms with Gasteiger partial charge in [-0.3, -0.25) is 4.79 Å². The number of ether oxygens (including phenoxy) is 1. The minimum absolute atomic E-state index is 0.233. The SMILES string of the molecule is CCc1sc(-n2cccc2)nc1C(=O)Nc1ccc(OC)nc1. The Morgan fingerprint density at radius 2 is 2.13 bits per heavy atom. The number of amides is 1. The number of pyridine rings is 1. The second-order valence-corrected chi connectivity index (χ2v) is 5.82. The number of nitrogens with one attached hydrogen (secondary N) is 1. The average molecular weight is 328 g/mol. The average Bonchev–Trinajstić information content (AvgIpc) is 3.24. The molecule has 0 aromatic carbocycles. The van der Waals surface area contributed by atoms with E-state index in [2.05, 4.69) is 15.3 Å². The van der Waals surface area contributed by atoms with E-state index in [1.54, 1.807) is 25.4 Å². The van der Waals surface area contributed by atoms with Crippen molar-refractivity contribution in [2.24, 2.45) is 0 Å². The maximum atomic E-state index is 12.5. The monoisotopic (exact) mass is 328 g/mol. The van der Waals surface area contributed by atoms with Crippen LogP contribution in [0.1, 0.15) is 22.3 Å². The molecule has 118 valence electrons. The van der Waals surface area contributed by atoms with Crippen LogP contribution in [0.4, 0.5) is 5.69 Å². The van der Waals surface area contributed by atoms with Gasteiger partial charge in [0.25, 0.3) is 5.91 Å². The number of anilines is 1. The van der Waals surface area contributed by atoms with Gasteiger partial charge < -0.3 is 14.6 Å². The lowest BCUT2D eigenvalue weighted by atomic mass is 10.3. The van der Waals surface area contributed by atoms with Crippen molar-refractivity contribution in [3.63, 3.8) is 0 Å². The van der Waals surface area contributed by atoms with Crippen molar-refractivity contribution in [1.29, 1.82) is 0 Å². The standard InChI is InChI=1S/C16H16N4O2S/c1-3-12-14(19-16(23-12)20-8-4-5-9-20)15(21)18-11-6-7-13(22-2)17-10-11/h4-10H,3H2,1-2H3,(H,18,21). The van der Waals surface area contributed by atoms with E-state index in [9.17, 15) is 4.79 Å². The normalized spacial score (nSPS) is 10.5. The number of aryl methyl sites for hydroxylation is 1. The van der Waals surface area contributed by atoms with Crippen molar-refractivity contribution in [2.45, 2.75) is 13.3 Å². The molecular weight excluding hydrogens is 312 g/mol. The summed E-state index contributed by atoms with van der Waals surface area (Å²) in [6.45, 7) is 2.01. The molecule has 23 heavy (non-hydrogen) atoms. The van der Waals surface area contributed by atoms with Gasteiger partial charge in [0, 0.05) is 23.3 Å². The molecule has 0 saturated carbocycles. The molecule has 6 nitrogen and oxygen atoms in total. The van der Waals surface area contributed by atoms with Crippen LogP contribution in [0.2, 0.25) is 0 Å². The number of hydrogen-bond donors (Lipinski definition) is 1. The number of rotatable bonds is 5. The second kappa shape index (κ2) is 6.62. The predicted octanol–water partition coefficient (Wildman–Crippen LogP) is 3.15. The van der Waals surface area contributed by atoms with Crippen LogP contribution >= 0.6 is 11.3 Å². The van der Waals surface area contributed by atoms with Crippen molar-refractivity contribution in [3.8, 4) is 11.0 Å². The number of nitrogens with zero attached hydrogens (tertiary/aromatic N) is 3. The van der Waals surface area contributed by atoms with Crippen LogP contribution in [-0.4, -0.2) is 27.6 Å². The van der Waals surface area contributed by atoms with Crippen molar-refractivity contribution in [1.82, 2.24) is 14.5 Å². The summed E-state index contributed by atoms with van der Waals surface area (Å²) in [5.41, 5.74) is 1.06. The molecule has 1 amide bonds. The second-order valence-electron chi connectivity index (χ2n) is 4.76. The molecular formula is C16H16N4O2S. The Balaban J connectivity index is 1.83. The van der Waals surface area contributed by atoms with Crippen LogP contribution in [0.3, 0.4) is 0 Å². The smallest absolute Gasteiger partial charge is 0.275 e. The lowest BCUT2D eigenvalue weighted by molar-refractivity contribution is 0.102. The molecule has 0 radical (unpaired) electrons. The van der Waals surface area contributed by atoms with Gasteiger partial charge >= 0.3 is 0 Å². The number of thiazole rings is 1. The molecule has 0 saturated heterocycles. The van der Waals surface area contributed by atoms with Crippen LogP contribution in [0.15, 0.2) is 42.9 Å². The Bertz CT molecular complexity index is 794. The maximum absolute atomic E-state index is 12.5. The summed E-state index contributed by atoms with van der Waals surface area (Å²) in [7, 11) is 1.55. The van der Waals surface area contributed by atoms with Gasteiger partial charge in [-0.2, -0.15) is 0 Å². The van der Waals surface area contributed by atoms with Gasteiger partial charge in [0.1, 0.15) is 5.69 Å². The van der Waals surface area contributed by atoms with E-state index in [1.165, 1.54) is 11.3 Å². The highest BCUT2D eigenvalue weighted by Crippen LogP contribution is 2.24. The minimum Gasteiger partial charge on any atom is -0.481 e. The lowest BCUT2D eigenvalue weighted by Crippen LogP contribution is -2.14. The van der Waals surface area contributed by atoms with Crippen LogP contribution in [0, 0.1) is 0 Å². The number of aromatic nitrogens is 3. The van der Waals surface area contributed by atoms with Gasteiger partial charge in [-0.15, -0.1) is 11.3 Å². The molecule has 0 spiro atoms. The zero-order chi connectivity index (χ0) is 16.2. The number of carbonyl (C=O) groups is 1. The minimum atomic E-state index is -0.233. The zero-order valence-electron chi connectivity index (χ0n) is 12.8. The van der Waals surface area contributed by atoms with Crippen molar-refractivity contribution < 1.29 is 9.53 Å². The zero-order valence-corrected chi connectivity index (χ0v) is 13.6. The number of hydrogen-bond acceptors (Lipinski definition) is 5. The first-order chi connectivity index (χ1) is 11.2. The first-order valence-corrected chi connectivity index (χ1v) is 7.97. The van der Waals surface area contributed by atoms with Crippen LogP contribution in [0.25, 0.3) is 5.13 Å². The molecule has 1 N–H and O–H groups in total. The van der Waals surface area contributed by atoms with Gasteiger partial charge in [-0.05, 0) is 24.6 Å². The molecule has 0 atom stereocenters. The van der Waals surface area contributed by atoms with E-state index in [-0.39, 0.29) is 5.91 Å².